The molecule has 0 aliphatic rings. The van der Waals surface area contributed by atoms with E-state index in [1.165, 1.54) is 12.4 Å². The lowest BCUT2D eigenvalue weighted by Gasteiger charge is -2.07. The Kier molecular flexibility index (Phi) is 2.43. The third kappa shape index (κ3) is 1.67. The molecule has 84 valence electrons. The van der Waals surface area contributed by atoms with Gasteiger partial charge in [-0.3, -0.25) is 0 Å². The quantitative estimate of drug-likeness (QED) is 0.840. The van der Waals surface area contributed by atoms with Gasteiger partial charge in [0.05, 0.1) is 11.8 Å². The molecule has 0 aliphatic heterocycles. The Morgan fingerprint density at radius 1 is 1.50 bits per heavy atom. The number of ether oxygens (including phenoxy) is 1. The molecule has 16 heavy (non-hydrogen) atoms. The highest BCUT2D eigenvalue weighted by atomic mass is 19.3. The van der Waals surface area contributed by atoms with E-state index in [2.05, 4.69) is 14.7 Å². The second kappa shape index (κ2) is 3.76. The van der Waals surface area contributed by atoms with Crippen LogP contribution in [0.5, 0.6) is 5.75 Å². The molecule has 1 aromatic heterocycles. The van der Waals surface area contributed by atoms with Crippen molar-refractivity contribution < 1.29 is 23.4 Å². The van der Waals surface area contributed by atoms with E-state index in [0.29, 0.717) is 5.52 Å². The number of alkyl halides is 2. The molecule has 0 radical (unpaired) electrons. The summed E-state index contributed by atoms with van der Waals surface area (Å²) >= 11 is 0. The summed E-state index contributed by atoms with van der Waals surface area (Å²) < 4.78 is 28.2. The number of hydrogen-bond acceptors (Lipinski definition) is 3. The molecule has 2 N–H and O–H groups in total. The van der Waals surface area contributed by atoms with Crippen LogP contribution in [0.15, 0.2) is 18.5 Å². The summed E-state index contributed by atoms with van der Waals surface area (Å²) in [4.78, 5) is 17.4. The predicted molar refractivity (Wildman–Crippen MR) is 49.7 cm³/mol. The molecule has 0 fully saturated rings. The Morgan fingerprint density at radius 3 is 2.88 bits per heavy atom. The smallest absolute Gasteiger partial charge is 0.387 e. The summed E-state index contributed by atoms with van der Waals surface area (Å²) in [5.74, 6) is -1.77. The summed E-state index contributed by atoms with van der Waals surface area (Å²) in [6.45, 7) is -3.07. The van der Waals surface area contributed by atoms with E-state index in [4.69, 9.17) is 5.11 Å². The fourth-order valence-corrected chi connectivity index (χ4v) is 1.39. The van der Waals surface area contributed by atoms with E-state index in [0.717, 1.165) is 6.07 Å². The van der Waals surface area contributed by atoms with E-state index in [1.54, 1.807) is 0 Å². The van der Waals surface area contributed by atoms with Gasteiger partial charge >= 0.3 is 12.6 Å². The first-order valence-electron chi connectivity index (χ1n) is 4.24. The van der Waals surface area contributed by atoms with Crippen molar-refractivity contribution in [2.45, 2.75) is 6.61 Å². The number of carboxylic acids is 1. The van der Waals surface area contributed by atoms with Gasteiger partial charge < -0.3 is 14.8 Å². The maximum Gasteiger partial charge on any atom is 0.387 e. The third-order valence-corrected chi connectivity index (χ3v) is 1.98. The van der Waals surface area contributed by atoms with Crippen molar-refractivity contribution in [1.82, 2.24) is 9.97 Å². The van der Waals surface area contributed by atoms with Crippen LogP contribution in [0.1, 0.15) is 10.4 Å². The van der Waals surface area contributed by atoms with Crippen molar-refractivity contribution in [3.05, 3.63) is 24.0 Å². The zero-order valence-corrected chi connectivity index (χ0v) is 7.78. The molecular weight excluding hydrogens is 222 g/mol. The third-order valence-electron chi connectivity index (χ3n) is 1.98. The molecule has 0 saturated heterocycles. The summed E-state index contributed by atoms with van der Waals surface area (Å²) in [5, 5.41) is 8.92. The predicted octanol–water partition coefficient (Wildman–Crippen LogP) is 1.86. The zero-order valence-electron chi connectivity index (χ0n) is 7.78. The van der Waals surface area contributed by atoms with Gasteiger partial charge in [0.1, 0.15) is 16.8 Å². The number of carbonyl (C=O) groups is 1. The highest BCUT2D eigenvalue weighted by molar-refractivity contribution is 6.03. The highest BCUT2D eigenvalue weighted by Gasteiger charge is 2.19. The first-order valence-corrected chi connectivity index (χ1v) is 4.24. The van der Waals surface area contributed by atoms with Gasteiger partial charge in [0, 0.05) is 0 Å². The number of carboxylic acid groups (broad SMARTS) is 1. The number of nitrogens with one attached hydrogen (secondary N) is 1. The summed E-state index contributed by atoms with van der Waals surface area (Å²) in [6, 6.07) is 2.59. The lowest BCUT2D eigenvalue weighted by atomic mass is 10.1. The second-order valence-corrected chi connectivity index (χ2v) is 2.92. The number of aromatic amines is 1. The fraction of sp³-hybridized carbons (Fsp3) is 0.111. The van der Waals surface area contributed by atoms with Crippen LogP contribution in [0.2, 0.25) is 0 Å². The van der Waals surface area contributed by atoms with Crippen molar-refractivity contribution in [3.63, 3.8) is 0 Å². The molecule has 0 amide bonds. The van der Waals surface area contributed by atoms with E-state index in [1.807, 2.05) is 0 Å². The van der Waals surface area contributed by atoms with Crippen molar-refractivity contribution >= 4 is 17.0 Å². The molecule has 0 bridgehead atoms. The van der Waals surface area contributed by atoms with Crippen LogP contribution in [0.3, 0.4) is 0 Å². The molecule has 2 rings (SSSR count). The maximum absolute atomic E-state index is 12.0. The molecule has 2 aromatic rings. The number of aromatic nitrogens is 2. The van der Waals surface area contributed by atoms with Crippen molar-refractivity contribution in [2.75, 3.05) is 0 Å². The van der Waals surface area contributed by atoms with Crippen LogP contribution in [0.4, 0.5) is 8.78 Å². The van der Waals surface area contributed by atoms with Crippen molar-refractivity contribution in [3.8, 4) is 5.75 Å². The van der Waals surface area contributed by atoms with E-state index >= 15 is 0 Å². The molecule has 7 heteroatoms. The Balaban J connectivity index is 2.63. The van der Waals surface area contributed by atoms with Crippen LogP contribution < -0.4 is 4.74 Å². The molecule has 0 aliphatic carbocycles. The van der Waals surface area contributed by atoms with Crippen LogP contribution in [-0.4, -0.2) is 27.7 Å². The van der Waals surface area contributed by atoms with Gasteiger partial charge in [-0.05, 0) is 12.1 Å². The van der Waals surface area contributed by atoms with Gasteiger partial charge in [-0.2, -0.15) is 8.78 Å². The number of H-pyrrole nitrogens is 1. The minimum atomic E-state index is -3.07. The number of nitrogens with zero attached hydrogens (tertiary/aromatic N) is 1. The maximum atomic E-state index is 12.0. The fourth-order valence-electron chi connectivity index (χ4n) is 1.39. The molecule has 1 aromatic carbocycles. The summed E-state index contributed by atoms with van der Waals surface area (Å²) in [6.07, 6.45) is 1.28. The number of rotatable bonds is 3. The molecule has 0 unspecified atom stereocenters. The molecule has 0 saturated carbocycles. The number of hydrogen-bond donors (Lipinski definition) is 2. The van der Waals surface area contributed by atoms with Crippen LogP contribution in [0.25, 0.3) is 11.0 Å². The van der Waals surface area contributed by atoms with Crippen LogP contribution >= 0.6 is 0 Å². The lowest BCUT2D eigenvalue weighted by Crippen LogP contribution is -2.08. The Bertz CT molecular complexity index is 539. The molecular formula is C9H6F2N2O3. The van der Waals surface area contributed by atoms with Gasteiger partial charge in [-0.1, -0.05) is 0 Å². The minimum absolute atomic E-state index is 0.0886. The number of aromatic carboxylic acids is 1. The normalized spacial score (nSPS) is 10.9. The van der Waals surface area contributed by atoms with E-state index in [9.17, 15) is 13.6 Å². The lowest BCUT2D eigenvalue weighted by molar-refractivity contribution is -0.0502. The number of halogens is 2. The zero-order chi connectivity index (χ0) is 11.7. The summed E-state index contributed by atoms with van der Waals surface area (Å²) in [5.41, 5.74) is 0.156. The van der Waals surface area contributed by atoms with Gasteiger partial charge in [-0.15, -0.1) is 0 Å². The van der Waals surface area contributed by atoms with Gasteiger partial charge in [0.2, 0.25) is 0 Å². The standard InChI is InChI=1S/C9H6F2N2O3/c10-9(11)16-5-2-1-4-7(13-3-12-4)6(5)8(14)15/h1-3,9H,(H,12,13)(H,14,15). The number of benzene rings is 1. The Labute approximate surface area is 87.7 Å². The van der Waals surface area contributed by atoms with Crippen molar-refractivity contribution in [1.29, 1.82) is 0 Å². The van der Waals surface area contributed by atoms with Gasteiger partial charge in [0.25, 0.3) is 0 Å². The summed E-state index contributed by atoms with van der Waals surface area (Å²) in [7, 11) is 0. The molecule has 0 atom stereocenters. The number of fused-ring (bicyclic) bond motifs is 1. The van der Waals surface area contributed by atoms with Gasteiger partial charge in [-0.25, -0.2) is 9.78 Å². The van der Waals surface area contributed by atoms with E-state index < -0.39 is 18.3 Å². The molecule has 0 spiro atoms. The SMILES string of the molecule is O=C(O)c1c(OC(F)F)ccc2[nH]cnc12. The highest BCUT2D eigenvalue weighted by Crippen LogP contribution is 2.27. The topological polar surface area (TPSA) is 75.2 Å². The van der Waals surface area contributed by atoms with Crippen LogP contribution in [0, 0.1) is 0 Å². The largest absolute Gasteiger partial charge is 0.477 e. The van der Waals surface area contributed by atoms with Crippen LogP contribution in [-0.2, 0) is 0 Å². The first-order chi connectivity index (χ1) is 7.59. The first kappa shape index (κ1) is 10.3. The minimum Gasteiger partial charge on any atom is -0.477 e. The average Bonchev–Trinajstić information content (AvgIpc) is 2.63. The molecule has 1 heterocycles. The Hall–Kier alpha value is -2.18. The Morgan fingerprint density at radius 2 is 2.25 bits per heavy atom. The molecule has 5 nitrogen and oxygen atoms in total. The average molecular weight is 228 g/mol. The number of imidazole rings is 1. The van der Waals surface area contributed by atoms with Crippen molar-refractivity contribution in [2.24, 2.45) is 0 Å². The monoisotopic (exact) mass is 228 g/mol. The second-order valence-electron chi connectivity index (χ2n) is 2.92. The van der Waals surface area contributed by atoms with E-state index in [-0.39, 0.29) is 11.1 Å². The van der Waals surface area contributed by atoms with Gasteiger partial charge in [0.15, 0.2) is 0 Å².